The van der Waals surface area contributed by atoms with E-state index in [1.54, 1.807) is 25.1 Å². The molecule has 1 fully saturated rings. The molecule has 0 radical (unpaired) electrons. The van der Waals surface area contributed by atoms with Gasteiger partial charge in [-0.1, -0.05) is 6.42 Å². The number of aromatic nitrogens is 1. The van der Waals surface area contributed by atoms with E-state index in [1.165, 1.54) is 12.1 Å². The Morgan fingerprint density at radius 1 is 1.39 bits per heavy atom. The van der Waals surface area contributed by atoms with Crippen molar-refractivity contribution >= 4 is 5.91 Å². The van der Waals surface area contributed by atoms with Crippen LogP contribution in [-0.4, -0.2) is 29.1 Å². The van der Waals surface area contributed by atoms with Gasteiger partial charge in [0.1, 0.15) is 34.9 Å². The van der Waals surface area contributed by atoms with Gasteiger partial charge in [-0.2, -0.15) is 0 Å². The van der Waals surface area contributed by atoms with E-state index >= 15 is 0 Å². The number of rotatable bonds is 5. The van der Waals surface area contributed by atoms with Crippen molar-refractivity contribution in [3.8, 4) is 17.0 Å². The molecule has 4 rings (SSSR count). The molecule has 1 aromatic heterocycles. The van der Waals surface area contributed by atoms with Crippen LogP contribution in [0.1, 0.15) is 37.4 Å². The van der Waals surface area contributed by atoms with Crippen LogP contribution in [0.4, 0.5) is 4.39 Å². The van der Waals surface area contributed by atoms with Gasteiger partial charge in [0.25, 0.3) is 0 Å². The first-order valence-electron chi connectivity index (χ1n) is 9.46. The average Bonchev–Trinajstić information content (AvgIpc) is 2.98. The van der Waals surface area contributed by atoms with Gasteiger partial charge in [-0.3, -0.25) is 4.79 Å². The molecule has 7 heteroatoms. The summed E-state index contributed by atoms with van der Waals surface area (Å²) in [5.74, 6) is -0.448. The van der Waals surface area contributed by atoms with Crippen molar-refractivity contribution in [1.82, 2.24) is 4.98 Å². The summed E-state index contributed by atoms with van der Waals surface area (Å²) in [5.41, 5.74) is 11.3. The van der Waals surface area contributed by atoms with Gasteiger partial charge in [0, 0.05) is 17.7 Å². The lowest BCUT2D eigenvalue weighted by Gasteiger charge is -2.40. The Morgan fingerprint density at radius 3 is 2.61 bits per heavy atom. The summed E-state index contributed by atoms with van der Waals surface area (Å²) in [7, 11) is 0. The number of ether oxygens (including phenoxy) is 1. The highest BCUT2D eigenvalue weighted by molar-refractivity contribution is 5.90. The fraction of sp³-hybridized carbons (Fsp3) is 0.429. The molecule has 0 saturated heterocycles. The highest BCUT2D eigenvalue weighted by Gasteiger charge is 2.47. The third kappa shape index (κ3) is 2.69. The second-order valence-electron chi connectivity index (χ2n) is 7.98. The molecule has 1 saturated carbocycles. The van der Waals surface area contributed by atoms with E-state index in [1.807, 2.05) is 0 Å². The summed E-state index contributed by atoms with van der Waals surface area (Å²) in [4.78, 5) is 16.9. The number of pyridine rings is 1. The van der Waals surface area contributed by atoms with Gasteiger partial charge in [-0.05, 0) is 56.0 Å². The number of amides is 1. The normalized spacial score (nSPS) is 23.4. The summed E-state index contributed by atoms with van der Waals surface area (Å²) < 4.78 is 19.2. The highest BCUT2D eigenvalue weighted by atomic mass is 19.1. The Kier molecular flexibility index (Phi) is 4.39. The number of nitrogens with zero attached hydrogens (tertiary/aromatic N) is 1. The van der Waals surface area contributed by atoms with Gasteiger partial charge in [0.15, 0.2) is 0 Å². The van der Waals surface area contributed by atoms with Crippen molar-refractivity contribution < 1.29 is 19.0 Å². The number of hydrogen-bond donors (Lipinski definition) is 3. The van der Waals surface area contributed by atoms with Crippen LogP contribution in [0.2, 0.25) is 0 Å². The van der Waals surface area contributed by atoms with Crippen molar-refractivity contribution in [3.63, 3.8) is 0 Å². The van der Waals surface area contributed by atoms with Gasteiger partial charge < -0.3 is 21.3 Å². The maximum atomic E-state index is 13.4. The third-order valence-corrected chi connectivity index (χ3v) is 6.27. The fourth-order valence-corrected chi connectivity index (χ4v) is 3.98. The van der Waals surface area contributed by atoms with Crippen LogP contribution < -0.4 is 16.2 Å². The van der Waals surface area contributed by atoms with Gasteiger partial charge in [0.05, 0.1) is 5.69 Å². The number of primary amides is 1. The molecule has 2 atom stereocenters. The van der Waals surface area contributed by atoms with E-state index in [-0.39, 0.29) is 24.9 Å². The molecule has 6 nitrogen and oxygen atoms in total. The lowest BCUT2D eigenvalue weighted by molar-refractivity contribution is -0.123. The molecule has 2 heterocycles. The number of fused-ring (bicyclic) bond motifs is 1. The largest absolute Gasteiger partial charge is 0.489 e. The lowest BCUT2D eigenvalue weighted by atomic mass is 9.70. The number of aliphatic hydroxyl groups is 1. The average molecular weight is 385 g/mol. The summed E-state index contributed by atoms with van der Waals surface area (Å²) in [5, 5.41) is 11.4. The molecular formula is C21H24FN3O3. The summed E-state index contributed by atoms with van der Waals surface area (Å²) in [6.07, 6.45) is 2.76. The van der Waals surface area contributed by atoms with Gasteiger partial charge >= 0.3 is 0 Å². The zero-order chi connectivity index (χ0) is 20.1. The van der Waals surface area contributed by atoms with Gasteiger partial charge in [-0.15, -0.1) is 0 Å². The lowest BCUT2D eigenvalue weighted by Crippen LogP contribution is -2.46. The van der Waals surface area contributed by atoms with Gasteiger partial charge in [0.2, 0.25) is 5.91 Å². The van der Waals surface area contributed by atoms with E-state index in [9.17, 15) is 14.3 Å². The number of hydrogen-bond acceptors (Lipinski definition) is 5. The van der Waals surface area contributed by atoms with Crippen LogP contribution in [0.15, 0.2) is 30.3 Å². The SMILES string of the molecule is C[C@]1(C(N)=O)COc2c1cc(C(O)(CN)C1CCC1)nc2-c1ccc(F)cc1. The molecule has 1 aliphatic carbocycles. The zero-order valence-corrected chi connectivity index (χ0v) is 15.7. The predicted octanol–water partition coefficient (Wildman–Crippen LogP) is 1.97. The van der Waals surface area contributed by atoms with Crippen LogP contribution in [0.25, 0.3) is 11.3 Å². The maximum absolute atomic E-state index is 13.4. The van der Waals surface area contributed by atoms with Crippen LogP contribution in [0.5, 0.6) is 5.75 Å². The standard InChI is InChI=1S/C21H24FN3O3/c1-20(19(24)26)11-28-18-15(20)9-16(21(27,10-23)13-3-2-4-13)25-17(18)12-5-7-14(22)8-6-12/h5-9,13,27H,2-4,10-11,23H2,1H3,(H2,24,26)/t20-,21?/m0/s1. The van der Waals surface area contributed by atoms with E-state index in [4.69, 9.17) is 16.2 Å². The number of carbonyl (C=O) groups excluding carboxylic acids is 1. The van der Waals surface area contributed by atoms with Crippen LogP contribution in [0, 0.1) is 11.7 Å². The Bertz CT molecular complexity index is 929. The minimum absolute atomic E-state index is 0.00581. The molecule has 2 aromatic rings. The topological polar surface area (TPSA) is 111 Å². The first kappa shape index (κ1) is 18.8. The van der Waals surface area contributed by atoms with E-state index in [2.05, 4.69) is 4.98 Å². The van der Waals surface area contributed by atoms with Crippen LogP contribution >= 0.6 is 0 Å². The number of carbonyl (C=O) groups is 1. The van der Waals surface area contributed by atoms with E-state index in [0.29, 0.717) is 28.3 Å². The molecule has 28 heavy (non-hydrogen) atoms. The van der Waals surface area contributed by atoms with Gasteiger partial charge in [-0.25, -0.2) is 9.37 Å². The molecule has 1 aliphatic heterocycles. The minimum Gasteiger partial charge on any atom is -0.489 e. The van der Waals surface area contributed by atoms with E-state index < -0.39 is 16.9 Å². The third-order valence-electron chi connectivity index (χ3n) is 6.27. The molecule has 1 unspecified atom stereocenters. The van der Waals surface area contributed by atoms with Crippen molar-refractivity contribution in [1.29, 1.82) is 0 Å². The Hall–Kier alpha value is -2.51. The minimum atomic E-state index is -1.30. The highest BCUT2D eigenvalue weighted by Crippen LogP contribution is 2.48. The second-order valence-corrected chi connectivity index (χ2v) is 7.98. The Balaban J connectivity index is 1.95. The summed E-state index contributed by atoms with van der Waals surface area (Å²) >= 11 is 0. The summed E-state index contributed by atoms with van der Waals surface area (Å²) in [6.45, 7) is 1.81. The second kappa shape index (κ2) is 6.53. The predicted molar refractivity (Wildman–Crippen MR) is 102 cm³/mol. The Morgan fingerprint density at radius 2 is 2.07 bits per heavy atom. The quantitative estimate of drug-likeness (QED) is 0.729. The molecule has 148 valence electrons. The molecule has 0 spiro atoms. The molecule has 0 bridgehead atoms. The smallest absolute Gasteiger partial charge is 0.231 e. The molecular weight excluding hydrogens is 361 g/mol. The van der Waals surface area contributed by atoms with Crippen molar-refractivity contribution in [3.05, 3.63) is 47.4 Å². The van der Waals surface area contributed by atoms with Crippen LogP contribution in [-0.2, 0) is 15.8 Å². The van der Waals surface area contributed by atoms with Crippen molar-refractivity contribution in [2.75, 3.05) is 13.2 Å². The number of nitrogens with two attached hydrogens (primary N) is 2. The molecule has 1 aromatic carbocycles. The number of benzene rings is 1. The van der Waals surface area contributed by atoms with Crippen molar-refractivity contribution in [2.24, 2.45) is 17.4 Å². The fourth-order valence-electron chi connectivity index (χ4n) is 3.98. The first-order valence-corrected chi connectivity index (χ1v) is 9.46. The molecule has 1 amide bonds. The molecule has 2 aliphatic rings. The summed E-state index contributed by atoms with van der Waals surface area (Å²) in [6, 6.07) is 7.55. The molecule has 5 N–H and O–H groups in total. The van der Waals surface area contributed by atoms with Crippen LogP contribution in [0.3, 0.4) is 0 Å². The number of halogens is 1. The zero-order valence-electron chi connectivity index (χ0n) is 15.7. The first-order chi connectivity index (χ1) is 13.3. The maximum Gasteiger partial charge on any atom is 0.231 e. The Labute approximate surface area is 162 Å². The monoisotopic (exact) mass is 385 g/mol. The van der Waals surface area contributed by atoms with Crippen molar-refractivity contribution in [2.45, 2.75) is 37.2 Å². The van der Waals surface area contributed by atoms with E-state index in [0.717, 1.165) is 19.3 Å².